The van der Waals surface area contributed by atoms with Gasteiger partial charge in [-0.2, -0.15) is 0 Å². The lowest BCUT2D eigenvalue weighted by molar-refractivity contribution is -0.132. The van der Waals surface area contributed by atoms with Crippen molar-refractivity contribution in [2.24, 2.45) is 5.41 Å². The molecule has 2 fully saturated rings. The van der Waals surface area contributed by atoms with Gasteiger partial charge in [-0.15, -0.1) is 0 Å². The van der Waals surface area contributed by atoms with Gasteiger partial charge in [-0.05, 0) is 38.5 Å². The predicted octanol–water partition coefficient (Wildman–Crippen LogP) is 2.67. The number of aryl methyl sites for hydroxylation is 2. The Bertz CT molecular complexity index is 711. The van der Waals surface area contributed by atoms with Gasteiger partial charge in [0.1, 0.15) is 5.82 Å². The van der Waals surface area contributed by atoms with Crippen LogP contribution in [0.1, 0.15) is 75.1 Å². The van der Waals surface area contributed by atoms with Gasteiger partial charge >= 0.3 is 0 Å². The van der Waals surface area contributed by atoms with Gasteiger partial charge in [0.2, 0.25) is 11.8 Å². The highest BCUT2D eigenvalue weighted by Gasteiger charge is 2.31. The van der Waals surface area contributed by atoms with Crippen molar-refractivity contribution in [3.8, 4) is 0 Å². The number of carbonyl (C=O) groups is 2. The van der Waals surface area contributed by atoms with Crippen LogP contribution in [0.3, 0.4) is 0 Å². The SMILES string of the molecule is Cc1nc(C2CCN(C(=O)CC(C)(C)C)C2)nc(C)c1CC(=O)NC1CC1. The van der Waals surface area contributed by atoms with Gasteiger partial charge in [0, 0.05) is 48.4 Å². The molecule has 1 atom stereocenters. The van der Waals surface area contributed by atoms with Crippen LogP contribution < -0.4 is 5.32 Å². The Morgan fingerprint density at radius 2 is 1.74 bits per heavy atom. The molecule has 0 radical (unpaired) electrons. The first-order chi connectivity index (χ1) is 12.6. The summed E-state index contributed by atoms with van der Waals surface area (Å²) in [5, 5.41) is 3.02. The van der Waals surface area contributed by atoms with Crippen LogP contribution in [0.25, 0.3) is 0 Å². The zero-order valence-electron chi connectivity index (χ0n) is 17.3. The molecule has 1 saturated heterocycles. The summed E-state index contributed by atoms with van der Waals surface area (Å²) in [4.78, 5) is 36.0. The molecule has 6 nitrogen and oxygen atoms in total. The van der Waals surface area contributed by atoms with Crippen molar-refractivity contribution >= 4 is 11.8 Å². The Morgan fingerprint density at radius 3 is 2.30 bits per heavy atom. The van der Waals surface area contributed by atoms with Crippen LogP contribution in [0.4, 0.5) is 0 Å². The second-order valence-electron chi connectivity index (χ2n) is 9.31. The van der Waals surface area contributed by atoms with Crippen molar-refractivity contribution in [3.05, 3.63) is 22.8 Å². The van der Waals surface area contributed by atoms with E-state index in [-0.39, 0.29) is 23.1 Å². The van der Waals surface area contributed by atoms with Gasteiger partial charge in [0.15, 0.2) is 0 Å². The molecule has 1 aliphatic carbocycles. The first-order valence-corrected chi connectivity index (χ1v) is 10.0. The first kappa shape index (κ1) is 19.8. The topological polar surface area (TPSA) is 75.2 Å². The highest BCUT2D eigenvalue weighted by atomic mass is 16.2. The fraction of sp³-hybridized carbons (Fsp3) is 0.714. The van der Waals surface area contributed by atoms with Crippen molar-refractivity contribution in [1.29, 1.82) is 0 Å². The Balaban J connectivity index is 1.65. The fourth-order valence-electron chi connectivity index (χ4n) is 3.63. The molecule has 1 saturated carbocycles. The molecular formula is C21H32N4O2. The number of amides is 2. The highest BCUT2D eigenvalue weighted by molar-refractivity contribution is 5.79. The summed E-state index contributed by atoms with van der Waals surface area (Å²) in [6.07, 6.45) is 3.98. The molecule has 148 valence electrons. The third-order valence-corrected chi connectivity index (χ3v) is 5.31. The van der Waals surface area contributed by atoms with Gasteiger partial charge in [0.25, 0.3) is 0 Å². The number of nitrogens with zero attached hydrogens (tertiary/aromatic N) is 3. The number of nitrogens with one attached hydrogen (secondary N) is 1. The molecule has 2 heterocycles. The van der Waals surface area contributed by atoms with E-state index < -0.39 is 0 Å². The first-order valence-electron chi connectivity index (χ1n) is 10.0. The van der Waals surface area contributed by atoms with Crippen molar-refractivity contribution in [3.63, 3.8) is 0 Å². The predicted molar refractivity (Wildman–Crippen MR) is 104 cm³/mol. The van der Waals surface area contributed by atoms with E-state index in [1.54, 1.807) is 0 Å². The zero-order valence-corrected chi connectivity index (χ0v) is 17.3. The summed E-state index contributed by atoms with van der Waals surface area (Å²) in [5.41, 5.74) is 2.68. The molecule has 3 rings (SSSR count). The fourth-order valence-corrected chi connectivity index (χ4v) is 3.63. The van der Waals surface area contributed by atoms with E-state index in [0.717, 1.165) is 48.6 Å². The van der Waals surface area contributed by atoms with Crippen LogP contribution in [0.15, 0.2) is 0 Å². The average Bonchev–Trinajstić information content (AvgIpc) is 3.21. The van der Waals surface area contributed by atoms with Crippen LogP contribution in [-0.2, 0) is 16.0 Å². The Kier molecular flexibility index (Phi) is 5.54. The van der Waals surface area contributed by atoms with Crippen LogP contribution in [0, 0.1) is 19.3 Å². The Labute approximate surface area is 162 Å². The molecule has 1 aromatic heterocycles. The molecule has 6 heteroatoms. The summed E-state index contributed by atoms with van der Waals surface area (Å²) in [5.74, 6) is 1.26. The molecule has 2 aliphatic rings. The zero-order chi connectivity index (χ0) is 19.8. The number of carbonyl (C=O) groups excluding carboxylic acids is 2. The van der Waals surface area contributed by atoms with E-state index in [2.05, 4.69) is 26.1 Å². The number of hydrogen-bond acceptors (Lipinski definition) is 4. The van der Waals surface area contributed by atoms with Gasteiger partial charge in [-0.3, -0.25) is 9.59 Å². The monoisotopic (exact) mass is 372 g/mol. The maximum Gasteiger partial charge on any atom is 0.224 e. The summed E-state index contributed by atoms with van der Waals surface area (Å²) in [6, 6.07) is 0.369. The Morgan fingerprint density at radius 1 is 1.11 bits per heavy atom. The van der Waals surface area contributed by atoms with E-state index in [0.29, 0.717) is 25.4 Å². The molecule has 1 unspecified atom stereocenters. The largest absolute Gasteiger partial charge is 0.353 e. The van der Waals surface area contributed by atoms with E-state index in [9.17, 15) is 9.59 Å². The molecule has 0 aromatic carbocycles. The minimum Gasteiger partial charge on any atom is -0.353 e. The summed E-state index contributed by atoms with van der Waals surface area (Å²) < 4.78 is 0. The average molecular weight is 373 g/mol. The third-order valence-electron chi connectivity index (χ3n) is 5.31. The normalized spacial score (nSPS) is 20.0. The van der Waals surface area contributed by atoms with Crippen LogP contribution in [0.5, 0.6) is 0 Å². The van der Waals surface area contributed by atoms with Crippen molar-refractivity contribution in [2.75, 3.05) is 13.1 Å². The quantitative estimate of drug-likeness (QED) is 0.862. The second kappa shape index (κ2) is 7.56. The molecule has 1 aromatic rings. The third kappa shape index (κ3) is 5.27. The molecule has 1 aliphatic heterocycles. The molecular weight excluding hydrogens is 340 g/mol. The van der Waals surface area contributed by atoms with Crippen molar-refractivity contribution < 1.29 is 9.59 Å². The molecule has 27 heavy (non-hydrogen) atoms. The standard InChI is InChI=1S/C21H32N4O2/c1-13-17(10-18(26)24-16-6-7-16)14(2)23-20(22-13)15-8-9-25(12-15)19(27)11-21(3,4)5/h15-16H,6-12H2,1-5H3,(H,24,26). The summed E-state index contributed by atoms with van der Waals surface area (Å²) in [7, 11) is 0. The molecule has 0 spiro atoms. The van der Waals surface area contributed by atoms with Crippen molar-refractivity contribution in [2.45, 2.75) is 78.7 Å². The van der Waals surface area contributed by atoms with Gasteiger partial charge in [0.05, 0.1) is 6.42 Å². The van der Waals surface area contributed by atoms with E-state index >= 15 is 0 Å². The lowest BCUT2D eigenvalue weighted by Gasteiger charge is -2.23. The van der Waals surface area contributed by atoms with E-state index in [4.69, 9.17) is 9.97 Å². The minimum absolute atomic E-state index is 0.00152. The number of likely N-dealkylation sites (tertiary alicyclic amines) is 1. The van der Waals surface area contributed by atoms with Gasteiger partial charge in [-0.1, -0.05) is 20.8 Å². The van der Waals surface area contributed by atoms with E-state index in [1.807, 2.05) is 18.7 Å². The smallest absolute Gasteiger partial charge is 0.224 e. The number of aromatic nitrogens is 2. The molecule has 2 amide bonds. The lowest BCUT2D eigenvalue weighted by atomic mass is 9.92. The van der Waals surface area contributed by atoms with Gasteiger partial charge < -0.3 is 10.2 Å². The second-order valence-corrected chi connectivity index (χ2v) is 9.31. The van der Waals surface area contributed by atoms with Crippen LogP contribution >= 0.6 is 0 Å². The maximum absolute atomic E-state index is 12.5. The maximum atomic E-state index is 12.5. The lowest BCUT2D eigenvalue weighted by Crippen LogP contribution is -2.31. The summed E-state index contributed by atoms with van der Waals surface area (Å²) >= 11 is 0. The van der Waals surface area contributed by atoms with Crippen molar-refractivity contribution in [1.82, 2.24) is 20.2 Å². The number of hydrogen-bond donors (Lipinski definition) is 1. The summed E-state index contributed by atoms with van der Waals surface area (Å²) in [6.45, 7) is 11.6. The van der Waals surface area contributed by atoms with Crippen LogP contribution in [0.2, 0.25) is 0 Å². The minimum atomic E-state index is 0.00152. The highest BCUT2D eigenvalue weighted by Crippen LogP contribution is 2.29. The molecule has 1 N–H and O–H groups in total. The number of rotatable bonds is 5. The van der Waals surface area contributed by atoms with E-state index in [1.165, 1.54) is 0 Å². The van der Waals surface area contributed by atoms with Gasteiger partial charge in [-0.25, -0.2) is 9.97 Å². The van der Waals surface area contributed by atoms with Crippen LogP contribution in [-0.4, -0.2) is 45.8 Å². The Hall–Kier alpha value is -1.98. The molecule has 0 bridgehead atoms.